The number of hydrogen-bond acceptors (Lipinski definition) is 4. The van der Waals surface area contributed by atoms with Gasteiger partial charge in [-0.1, -0.05) is 0 Å². The summed E-state index contributed by atoms with van der Waals surface area (Å²) in [7, 11) is 1.55. The Morgan fingerprint density at radius 3 is 3.00 bits per heavy atom. The van der Waals surface area contributed by atoms with E-state index in [1.807, 2.05) is 13.0 Å². The first kappa shape index (κ1) is 13.5. The van der Waals surface area contributed by atoms with Gasteiger partial charge in [0, 0.05) is 12.6 Å². The molecule has 1 amide bonds. The monoisotopic (exact) mass is 280 g/mol. The minimum absolute atomic E-state index is 0.0934. The second-order valence-corrected chi connectivity index (χ2v) is 4.48. The quantitative estimate of drug-likeness (QED) is 0.838. The van der Waals surface area contributed by atoms with E-state index >= 15 is 0 Å². The SMILES string of the molecule is CCNC(=O)C(C)n1c(=S)[nH]c2ccc(OC)nc21. The summed E-state index contributed by atoms with van der Waals surface area (Å²) in [5.74, 6) is 0.391. The Labute approximate surface area is 115 Å². The number of fused-ring (bicyclic) bond motifs is 1. The number of methoxy groups -OCH3 is 1. The zero-order chi connectivity index (χ0) is 14.0. The molecule has 102 valence electrons. The van der Waals surface area contributed by atoms with E-state index in [9.17, 15) is 4.79 Å². The number of amides is 1. The summed E-state index contributed by atoms with van der Waals surface area (Å²) in [5.41, 5.74) is 1.39. The minimum Gasteiger partial charge on any atom is -0.481 e. The molecule has 19 heavy (non-hydrogen) atoms. The molecule has 0 aliphatic carbocycles. The van der Waals surface area contributed by atoms with Crippen molar-refractivity contribution >= 4 is 29.3 Å². The van der Waals surface area contributed by atoms with Crippen molar-refractivity contribution in [1.82, 2.24) is 19.9 Å². The van der Waals surface area contributed by atoms with Crippen molar-refractivity contribution < 1.29 is 9.53 Å². The molecule has 0 aliphatic heterocycles. The van der Waals surface area contributed by atoms with Gasteiger partial charge in [-0.25, -0.2) is 0 Å². The Bertz CT molecular complexity index is 661. The Balaban J connectivity index is 2.55. The van der Waals surface area contributed by atoms with Crippen molar-refractivity contribution in [3.63, 3.8) is 0 Å². The van der Waals surface area contributed by atoms with Crippen LogP contribution in [0.2, 0.25) is 0 Å². The number of imidazole rings is 1. The fourth-order valence-electron chi connectivity index (χ4n) is 1.90. The van der Waals surface area contributed by atoms with Crippen LogP contribution < -0.4 is 10.1 Å². The second-order valence-electron chi connectivity index (χ2n) is 4.10. The lowest BCUT2D eigenvalue weighted by Crippen LogP contribution is -2.30. The molecule has 2 aromatic rings. The van der Waals surface area contributed by atoms with E-state index in [-0.39, 0.29) is 5.91 Å². The van der Waals surface area contributed by atoms with Gasteiger partial charge in [-0.3, -0.25) is 9.36 Å². The maximum atomic E-state index is 11.9. The molecule has 2 rings (SSSR count). The summed E-state index contributed by atoms with van der Waals surface area (Å²) >= 11 is 5.26. The number of nitrogens with zero attached hydrogens (tertiary/aromatic N) is 2. The Hall–Kier alpha value is -1.89. The van der Waals surface area contributed by atoms with Crippen LogP contribution in [0.25, 0.3) is 11.2 Å². The second kappa shape index (κ2) is 5.40. The summed E-state index contributed by atoms with van der Waals surface area (Å²) in [5, 5.41) is 2.78. The van der Waals surface area contributed by atoms with E-state index in [1.165, 1.54) is 0 Å². The molecule has 6 nitrogen and oxygen atoms in total. The number of carbonyl (C=O) groups excluding carboxylic acids is 1. The van der Waals surface area contributed by atoms with Crippen molar-refractivity contribution in [3.05, 3.63) is 16.9 Å². The number of H-pyrrole nitrogens is 1. The number of likely N-dealkylation sites (N-methyl/N-ethyl adjacent to an activating group) is 1. The van der Waals surface area contributed by atoms with Crippen LogP contribution in [0.5, 0.6) is 5.88 Å². The predicted molar refractivity (Wildman–Crippen MR) is 74.9 cm³/mol. The first-order valence-corrected chi connectivity index (χ1v) is 6.42. The summed E-state index contributed by atoms with van der Waals surface area (Å²) in [6.07, 6.45) is 0. The van der Waals surface area contributed by atoms with Gasteiger partial charge >= 0.3 is 0 Å². The van der Waals surface area contributed by atoms with Crippen molar-refractivity contribution in [1.29, 1.82) is 0 Å². The highest BCUT2D eigenvalue weighted by molar-refractivity contribution is 7.71. The lowest BCUT2D eigenvalue weighted by atomic mass is 10.3. The summed E-state index contributed by atoms with van der Waals surface area (Å²) < 4.78 is 7.26. The summed E-state index contributed by atoms with van der Waals surface area (Å²) in [6, 6.07) is 3.15. The van der Waals surface area contributed by atoms with Gasteiger partial charge in [-0.05, 0) is 32.1 Å². The average Bonchev–Trinajstić information content (AvgIpc) is 2.72. The van der Waals surface area contributed by atoms with Crippen LogP contribution >= 0.6 is 12.2 Å². The highest BCUT2D eigenvalue weighted by Crippen LogP contribution is 2.20. The molecule has 0 aliphatic rings. The molecule has 0 saturated heterocycles. The first-order chi connectivity index (χ1) is 9.08. The van der Waals surface area contributed by atoms with Gasteiger partial charge in [0.05, 0.1) is 12.6 Å². The van der Waals surface area contributed by atoms with Crippen LogP contribution in [0.4, 0.5) is 0 Å². The van der Waals surface area contributed by atoms with E-state index in [1.54, 1.807) is 24.7 Å². The number of aromatic nitrogens is 3. The number of nitrogens with one attached hydrogen (secondary N) is 2. The van der Waals surface area contributed by atoms with Crippen molar-refractivity contribution in [2.45, 2.75) is 19.9 Å². The number of aromatic amines is 1. The van der Waals surface area contributed by atoms with E-state index in [2.05, 4.69) is 15.3 Å². The summed E-state index contributed by atoms with van der Waals surface area (Å²) in [4.78, 5) is 19.3. The molecule has 0 saturated carbocycles. The topological polar surface area (TPSA) is 71.9 Å². The molecular formula is C12H16N4O2S. The van der Waals surface area contributed by atoms with Gasteiger partial charge in [0.25, 0.3) is 0 Å². The van der Waals surface area contributed by atoms with E-state index in [0.717, 1.165) is 5.52 Å². The molecule has 0 bridgehead atoms. The molecule has 0 fully saturated rings. The van der Waals surface area contributed by atoms with Gasteiger partial charge in [-0.2, -0.15) is 4.98 Å². The van der Waals surface area contributed by atoms with Gasteiger partial charge in [0.1, 0.15) is 6.04 Å². The molecule has 7 heteroatoms. The molecule has 2 aromatic heterocycles. The Morgan fingerprint density at radius 2 is 2.37 bits per heavy atom. The van der Waals surface area contributed by atoms with Gasteiger partial charge in [-0.15, -0.1) is 0 Å². The number of ether oxygens (including phenoxy) is 1. The smallest absolute Gasteiger partial charge is 0.242 e. The Morgan fingerprint density at radius 1 is 1.63 bits per heavy atom. The largest absolute Gasteiger partial charge is 0.481 e. The van der Waals surface area contributed by atoms with Crippen LogP contribution in [0, 0.1) is 4.77 Å². The third-order valence-corrected chi connectivity index (χ3v) is 3.16. The molecule has 2 heterocycles. The normalized spacial score (nSPS) is 12.4. The van der Waals surface area contributed by atoms with E-state index in [4.69, 9.17) is 17.0 Å². The fourth-order valence-corrected chi connectivity index (χ4v) is 2.25. The predicted octanol–water partition coefficient (Wildman–Crippen LogP) is 1.80. The van der Waals surface area contributed by atoms with Crippen molar-refractivity contribution in [2.75, 3.05) is 13.7 Å². The third-order valence-electron chi connectivity index (χ3n) is 2.87. The van der Waals surface area contributed by atoms with Crippen LogP contribution in [0.15, 0.2) is 12.1 Å². The van der Waals surface area contributed by atoms with Crippen molar-refractivity contribution in [2.24, 2.45) is 0 Å². The zero-order valence-electron chi connectivity index (χ0n) is 11.1. The number of carbonyl (C=O) groups is 1. The molecular weight excluding hydrogens is 264 g/mol. The molecule has 1 atom stereocenters. The van der Waals surface area contributed by atoms with Crippen molar-refractivity contribution in [3.8, 4) is 5.88 Å². The maximum Gasteiger partial charge on any atom is 0.242 e. The van der Waals surface area contributed by atoms with Crippen LogP contribution in [-0.4, -0.2) is 34.1 Å². The molecule has 1 unspecified atom stereocenters. The van der Waals surface area contributed by atoms with Crippen LogP contribution in [0.3, 0.4) is 0 Å². The molecule has 0 radical (unpaired) electrons. The molecule has 0 aromatic carbocycles. The number of rotatable bonds is 4. The lowest BCUT2D eigenvalue weighted by molar-refractivity contribution is -0.123. The average molecular weight is 280 g/mol. The fraction of sp³-hybridized carbons (Fsp3) is 0.417. The first-order valence-electron chi connectivity index (χ1n) is 6.01. The standard InChI is InChI=1S/C12H16N4O2S/c1-4-13-11(17)7(2)16-10-8(14-12(16)19)5-6-9(15-10)18-3/h5-7H,4H2,1-3H3,(H,13,17)(H,14,19). The van der Waals surface area contributed by atoms with Gasteiger partial charge in [0.2, 0.25) is 11.8 Å². The van der Waals surface area contributed by atoms with E-state index < -0.39 is 6.04 Å². The van der Waals surface area contributed by atoms with Gasteiger partial charge < -0.3 is 15.0 Å². The van der Waals surface area contributed by atoms with E-state index in [0.29, 0.717) is 22.8 Å². The molecule has 0 spiro atoms. The number of hydrogen-bond donors (Lipinski definition) is 2. The van der Waals surface area contributed by atoms with Gasteiger partial charge in [0.15, 0.2) is 10.4 Å². The molecule has 2 N–H and O–H groups in total. The maximum absolute atomic E-state index is 11.9. The third kappa shape index (κ3) is 2.46. The van der Waals surface area contributed by atoms with Crippen LogP contribution in [-0.2, 0) is 4.79 Å². The highest BCUT2D eigenvalue weighted by atomic mass is 32.1. The minimum atomic E-state index is -0.430. The summed E-state index contributed by atoms with van der Waals surface area (Å²) in [6.45, 7) is 4.24. The Kier molecular flexibility index (Phi) is 3.84. The van der Waals surface area contributed by atoms with Crippen LogP contribution in [0.1, 0.15) is 19.9 Å². The lowest BCUT2D eigenvalue weighted by Gasteiger charge is -2.13. The zero-order valence-corrected chi connectivity index (χ0v) is 11.9. The number of pyridine rings is 1. The highest BCUT2D eigenvalue weighted by Gasteiger charge is 2.19.